The summed E-state index contributed by atoms with van der Waals surface area (Å²) in [6.45, 7) is 1.56. The van der Waals surface area contributed by atoms with E-state index in [9.17, 15) is 4.79 Å². The van der Waals surface area contributed by atoms with E-state index in [2.05, 4.69) is 4.98 Å². The Morgan fingerprint density at radius 1 is 1.21 bits per heavy atom. The first-order valence-corrected chi connectivity index (χ1v) is 6.22. The summed E-state index contributed by atoms with van der Waals surface area (Å²) in [5, 5.41) is 0. The van der Waals surface area contributed by atoms with Gasteiger partial charge in [0.1, 0.15) is 12.4 Å². The molecule has 2 N–H and O–H groups in total. The molecular formula is C14H17N3O2. The molecule has 2 rings (SSSR count). The van der Waals surface area contributed by atoms with Crippen LogP contribution in [-0.2, 0) is 13.0 Å². The minimum absolute atomic E-state index is 0.0723. The Kier molecular flexibility index (Phi) is 4.69. The van der Waals surface area contributed by atoms with E-state index < -0.39 is 0 Å². The van der Waals surface area contributed by atoms with Crippen LogP contribution in [0.1, 0.15) is 5.56 Å². The third kappa shape index (κ3) is 3.93. The quantitative estimate of drug-likeness (QED) is 0.834. The second-order valence-electron chi connectivity index (χ2n) is 4.14. The number of ether oxygens (including phenoxy) is 1. The highest BCUT2D eigenvalue weighted by molar-refractivity contribution is 5.27. The van der Waals surface area contributed by atoms with Crippen LogP contribution in [0, 0.1) is 0 Å². The van der Waals surface area contributed by atoms with Gasteiger partial charge in [0.15, 0.2) is 0 Å². The molecule has 100 valence electrons. The molecule has 5 nitrogen and oxygen atoms in total. The first-order valence-electron chi connectivity index (χ1n) is 6.22. The van der Waals surface area contributed by atoms with Crippen molar-refractivity contribution in [3.63, 3.8) is 0 Å². The second-order valence-corrected chi connectivity index (χ2v) is 4.14. The molecule has 0 aliphatic carbocycles. The van der Waals surface area contributed by atoms with Gasteiger partial charge in [-0.15, -0.1) is 0 Å². The van der Waals surface area contributed by atoms with Crippen LogP contribution in [0.3, 0.4) is 0 Å². The smallest absolute Gasteiger partial charge is 0.253 e. The number of nitrogens with zero attached hydrogens (tertiary/aromatic N) is 2. The summed E-state index contributed by atoms with van der Waals surface area (Å²) in [5.74, 6) is 0.790. The molecule has 19 heavy (non-hydrogen) atoms. The number of nitrogens with two attached hydrogens (primary N) is 1. The van der Waals surface area contributed by atoms with Crippen molar-refractivity contribution in [3.8, 4) is 5.75 Å². The molecule has 1 heterocycles. The van der Waals surface area contributed by atoms with Crippen LogP contribution in [0.5, 0.6) is 5.75 Å². The maximum Gasteiger partial charge on any atom is 0.253 e. The Bertz CT molecular complexity index is 563. The lowest BCUT2D eigenvalue weighted by Crippen LogP contribution is -2.22. The molecule has 0 bridgehead atoms. The Morgan fingerprint density at radius 3 is 2.68 bits per heavy atom. The van der Waals surface area contributed by atoms with Gasteiger partial charge in [0.2, 0.25) is 0 Å². The summed E-state index contributed by atoms with van der Waals surface area (Å²) in [5.41, 5.74) is 6.61. The van der Waals surface area contributed by atoms with Crippen LogP contribution in [0.25, 0.3) is 0 Å². The van der Waals surface area contributed by atoms with E-state index in [1.807, 2.05) is 24.3 Å². The minimum Gasteiger partial charge on any atom is -0.492 e. The molecule has 0 spiro atoms. The first kappa shape index (κ1) is 13.3. The van der Waals surface area contributed by atoms with Crippen LogP contribution in [0.15, 0.2) is 47.7 Å². The monoisotopic (exact) mass is 259 g/mol. The van der Waals surface area contributed by atoms with Gasteiger partial charge in [-0.05, 0) is 30.7 Å². The maximum atomic E-state index is 11.4. The van der Waals surface area contributed by atoms with Crippen LogP contribution < -0.4 is 16.0 Å². The fraction of sp³-hybridized carbons (Fsp3) is 0.286. The lowest BCUT2D eigenvalue weighted by atomic mass is 10.1. The molecule has 0 fully saturated rings. The molecule has 0 unspecified atom stereocenters. The number of benzene rings is 1. The van der Waals surface area contributed by atoms with Gasteiger partial charge in [-0.3, -0.25) is 9.36 Å². The molecule has 1 aromatic carbocycles. The highest BCUT2D eigenvalue weighted by Gasteiger charge is 1.97. The summed E-state index contributed by atoms with van der Waals surface area (Å²) in [6, 6.07) is 9.26. The van der Waals surface area contributed by atoms with Gasteiger partial charge in [0.25, 0.3) is 5.56 Å². The molecule has 0 amide bonds. The Labute approximate surface area is 111 Å². The zero-order valence-corrected chi connectivity index (χ0v) is 10.7. The predicted molar refractivity (Wildman–Crippen MR) is 73.2 cm³/mol. The molecule has 2 aromatic rings. The van der Waals surface area contributed by atoms with Crippen LogP contribution in [0.2, 0.25) is 0 Å². The van der Waals surface area contributed by atoms with Gasteiger partial charge in [-0.2, -0.15) is 0 Å². The van der Waals surface area contributed by atoms with Gasteiger partial charge >= 0.3 is 0 Å². The van der Waals surface area contributed by atoms with Crippen molar-refractivity contribution in [2.45, 2.75) is 13.0 Å². The molecule has 1 aromatic heterocycles. The minimum atomic E-state index is -0.0723. The third-order valence-corrected chi connectivity index (χ3v) is 2.75. The fourth-order valence-corrected chi connectivity index (χ4v) is 1.73. The Balaban J connectivity index is 1.86. The van der Waals surface area contributed by atoms with Crippen LogP contribution >= 0.6 is 0 Å². The summed E-state index contributed by atoms with van der Waals surface area (Å²) in [4.78, 5) is 15.3. The Hall–Kier alpha value is -2.14. The van der Waals surface area contributed by atoms with Gasteiger partial charge in [0.05, 0.1) is 12.9 Å². The van der Waals surface area contributed by atoms with E-state index >= 15 is 0 Å². The molecule has 0 saturated carbocycles. The van der Waals surface area contributed by atoms with E-state index in [4.69, 9.17) is 10.5 Å². The average Bonchev–Trinajstić information content (AvgIpc) is 2.43. The summed E-state index contributed by atoms with van der Waals surface area (Å²) >= 11 is 0. The highest BCUT2D eigenvalue weighted by atomic mass is 16.5. The van der Waals surface area contributed by atoms with E-state index in [1.165, 1.54) is 28.7 Å². The van der Waals surface area contributed by atoms with Crippen molar-refractivity contribution < 1.29 is 4.74 Å². The van der Waals surface area contributed by atoms with Gasteiger partial charge in [-0.25, -0.2) is 4.98 Å². The summed E-state index contributed by atoms with van der Waals surface area (Å²) in [7, 11) is 0. The maximum absolute atomic E-state index is 11.4. The van der Waals surface area contributed by atoms with Crippen molar-refractivity contribution in [2.24, 2.45) is 5.73 Å². The normalized spacial score (nSPS) is 10.4. The molecule has 0 atom stereocenters. The zero-order valence-electron chi connectivity index (χ0n) is 10.7. The lowest BCUT2D eigenvalue weighted by Gasteiger charge is -2.08. The number of rotatable bonds is 6. The highest BCUT2D eigenvalue weighted by Crippen LogP contribution is 2.12. The van der Waals surface area contributed by atoms with Crippen molar-refractivity contribution >= 4 is 0 Å². The molecule has 0 radical (unpaired) electrons. The first-order chi connectivity index (χ1) is 9.29. The summed E-state index contributed by atoms with van der Waals surface area (Å²) in [6.07, 6.45) is 3.86. The molecule has 0 saturated heterocycles. The molecular weight excluding hydrogens is 242 g/mol. The van der Waals surface area contributed by atoms with E-state index in [0.29, 0.717) is 19.7 Å². The summed E-state index contributed by atoms with van der Waals surface area (Å²) < 4.78 is 7.10. The standard InChI is InChI=1S/C14H17N3O2/c15-7-5-12-1-3-13(4-2-12)19-10-9-17-11-16-8-6-14(17)18/h1-4,6,8,11H,5,7,9-10,15H2. The molecule has 5 heteroatoms. The van der Waals surface area contributed by atoms with Gasteiger partial charge in [-0.1, -0.05) is 12.1 Å². The SMILES string of the molecule is NCCc1ccc(OCCn2cnccc2=O)cc1. The zero-order chi connectivity index (χ0) is 13.5. The molecule has 0 aliphatic rings. The lowest BCUT2D eigenvalue weighted by molar-refractivity contribution is 0.295. The number of hydrogen-bond donors (Lipinski definition) is 1. The van der Waals surface area contributed by atoms with E-state index in [1.54, 1.807) is 0 Å². The van der Waals surface area contributed by atoms with Crippen molar-refractivity contribution in [1.29, 1.82) is 0 Å². The van der Waals surface area contributed by atoms with Crippen LogP contribution in [0.4, 0.5) is 0 Å². The van der Waals surface area contributed by atoms with Crippen molar-refractivity contribution in [3.05, 3.63) is 58.8 Å². The predicted octanol–water partition coefficient (Wildman–Crippen LogP) is 0.823. The number of aromatic nitrogens is 2. The van der Waals surface area contributed by atoms with Crippen LogP contribution in [-0.4, -0.2) is 22.7 Å². The molecule has 0 aliphatic heterocycles. The van der Waals surface area contributed by atoms with E-state index in [-0.39, 0.29) is 5.56 Å². The van der Waals surface area contributed by atoms with Gasteiger partial charge in [0, 0.05) is 12.3 Å². The Morgan fingerprint density at radius 2 is 2.00 bits per heavy atom. The topological polar surface area (TPSA) is 70.1 Å². The van der Waals surface area contributed by atoms with Gasteiger partial charge < -0.3 is 10.5 Å². The second kappa shape index (κ2) is 6.70. The van der Waals surface area contributed by atoms with Crippen molar-refractivity contribution in [2.75, 3.05) is 13.2 Å². The third-order valence-electron chi connectivity index (χ3n) is 2.75. The fourth-order valence-electron chi connectivity index (χ4n) is 1.73. The van der Waals surface area contributed by atoms with E-state index in [0.717, 1.165) is 12.2 Å². The largest absolute Gasteiger partial charge is 0.492 e. The number of hydrogen-bond acceptors (Lipinski definition) is 4. The van der Waals surface area contributed by atoms with Crippen molar-refractivity contribution in [1.82, 2.24) is 9.55 Å². The average molecular weight is 259 g/mol.